The molecule has 1 aromatic heterocycles. The van der Waals surface area contributed by atoms with Crippen LogP contribution in [-0.4, -0.2) is 24.1 Å². The third-order valence-corrected chi connectivity index (χ3v) is 2.66. The molecule has 1 atom stereocenters. The highest BCUT2D eigenvalue weighted by Crippen LogP contribution is 2.32. The van der Waals surface area contributed by atoms with E-state index in [0.717, 1.165) is 12.4 Å². The molecule has 2 aliphatic rings. The van der Waals surface area contributed by atoms with Crippen molar-refractivity contribution in [2.75, 3.05) is 23.3 Å². The fraction of sp³-hybridized carbons (Fsp3) is 0.444. The van der Waals surface area contributed by atoms with Crippen LogP contribution in [-0.2, 0) is 0 Å². The van der Waals surface area contributed by atoms with Crippen molar-refractivity contribution in [2.24, 2.45) is 0 Å². The van der Waals surface area contributed by atoms with Crippen LogP contribution in [0, 0.1) is 0 Å². The van der Waals surface area contributed by atoms with Gasteiger partial charge in [0.2, 0.25) is 0 Å². The number of aromatic nitrogens is 1. The maximum Gasteiger partial charge on any atom is 0.149 e. The van der Waals surface area contributed by atoms with E-state index < -0.39 is 0 Å². The Hall–Kier alpha value is -0.670. The molecule has 0 aliphatic carbocycles. The molecule has 1 N–H and O–H groups in total. The molecule has 0 aromatic carbocycles. The average molecular weight is 234 g/mol. The number of fused-ring (bicyclic) bond motifs is 4. The summed E-state index contributed by atoms with van der Waals surface area (Å²) in [5.74, 6) is 1.06. The van der Waals surface area contributed by atoms with Gasteiger partial charge < -0.3 is 10.2 Å². The molecule has 0 saturated carbocycles. The Morgan fingerprint density at radius 1 is 1.43 bits per heavy atom. The molecule has 3 nitrogen and oxygen atoms in total. The maximum absolute atomic E-state index is 4.31. The van der Waals surface area contributed by atoms with E-state index in [2.05, 4.69) is 21.3 Å². The molecule has 1 saturated heterocycles. The van der Waals surface area contributed by atoms with Crippen LogP contribution in [0.4, 0.5) is 11.5 Å². The predicted octanol–water partition coefficient (Wildman–Crippen LogP) is 1.93. The zero-order valence-electron chi connectivity index (χ0n) is 7.64. The highest BCUT2D eigenvalue weighted by Gasteiger charge is 2.29. The standard InChI is InChI=1S/C9H11N3.2ClH/c1-2-8-9(10-4-1)11-7-3-5-12(8)6-7;;/h1-2,4,7H,3,5-6H2,(H,10,11);2*1H. The number of nitrogens with zero attached hydrogens (tertiary/aromatic N) is 2. The van der Waals surface area contributed by atoms with Gasteiger partial charge in [0.1, 0.15) is 5.82 Å². The van der Waals surface area contributed by atoms with E-state index in [0.29, 0.717) is 6.04 Å². The molecule has 3 heterocycles. The summed E-state index contributed by atoms with van der Waals surface area (Å²) in [4.78, 5) is 6.71. The van der Waals surface area contributed by atoms with Crippen LogP contribution in [0.3, 0.4) is 0 Å². The van der Waals surface area contributed by atoms with Crippen LogP contribution in [0.2, 0.25) is 0 Å². The normalized spacial score (nSPS) is 21.4. The van der Waals surface area contributed by atoms with Gasteiger partial charge in [-0.05, 0) is 18.6 Å². The van der Waals surface area contributed by atoms with Crippen molar-refractivity contribution in [1.82, 2.24) is 4.98 Å². The molecule has 14 heavy (non-hydrogen) atoms. The van der Waals surface area contributed by atoms with Crippen LogP contribution in [0.1, 0.15) is 6.42 Å². The molecule has 3 rings (SSSR count). The quantitative estimate of drug-likeness (QED) is 0.743. The van der Waals surface area contributed by atoms with Crippen molar-refractivity contribution < 1.29 is 0 Å². The van der Waals surface area contributed by atoms with E-state index in [1.54, 1.807) is 0 Å². The fourth-order valence-electron chi connectivity index (χ4n) is 2.05. The van der Waals surface area contributed by atoms with Gasteiger partial charge >= 0.3 is 0 Å². The number of hydrogen-bond donors (Lipinski definition) is 1. The lowest BCUT2D eigenvalue weighted by Crippen LogP contribution is -2.32. The maximum atomic E-state index is 4.31. The summed E-state index contributed by atoms with van der Waals surface area (Å²) in [6.07, 6.45) is 3.09. The second-order valence-corrected chi connectivity index (χ2v) is 3.45. The Balaban J connectivity index is 0.000000490. The fourth-order valence-corrected chi connectivity index (χ4v) is 2.05. The minimum Gasteiger partial charge on any atom is -0.366 e. The van der Waals surface area contributed by atoms with Gasteiger partial charge in [-0.25, -0.2) is 4.98 Å². The number of halogens is 2. The first-order chi connectivity index (χ1) is 5.93. The van der Waals surface area contributed by atoms with Crippen LogP contribution in [0.15, 0.2) is 18.3 Å². The van der Waals surface area contributed by atoms with E-state index in [1.807, 2.05) is 12.3 Å². The van der Waals surface area contributed by atoms with E-state index in [4.69, 9.17) is 0 Å². The molecule has 1 aromatic rings. The molecule has 0 amide bonds. The number of nitrogens with one attached hydrogen (secondary N) is 1. The van der Waals surface area contributed by atoms with Crippen LogP contribution in [0.25, 0.3) is 0 Å². The third kappa shape index (κ3) is 1.62. The van der Waals surface area contributed by atoms with Gasteiger partial charge in [0.05, 0.1) is 5.69 Å². The monoisotopic (exact) mass is 233 g/mol. The highest BCUT2D eigenvalue weighted by atomic mass is 35.5. The van der Waals surface area contributed by atoms with Crippen LogP contribution >= 0.6 is 24.8 Å². The van der Waals surface area contributed by atoms with Crippen molar-refractivity contribution in [1.29, 1.82) is 0 Å². The first-order valence-corrected chi connectivity index (χ1v) is 4.40. The van der Waals surface area contributed by atoms with E-state index in [9.17, 15) is 0 Å². The lowest BCUT2D eigenvalue weighted by molar-refractivity contribution is 0.788. The van der Waals surface area contributed by atoms with Crippen molar-refractivity contribution in [3.05, 3.63) is 18.3 Å². The molecule has 2 bridgehead atoms. The lowest BCUT2D eigenvalue weighted by Gasteiger charge is -2.27. The molecule has 0 spiro atoms. The minimum absolute atomic E-state index is 0. The Kier molecular flexibility index (Phi) is 3.45. The zero-order valence-corrected chi connectivity index (χ0v) is 9.27. The van der Waals surface area contributed by atoms with Gasteiger partial charge in [0, 0.05) is 25.3 Å². The van der Waals surface area contributed by atoms with E-state index in [-0.39, 0.29) is 24.8 Å². The Morgan fingerprint density at radius 3 is 3.14 bits per heavy atom. The summed E-state index contributed by atoms with van der Waals surface area (Å²) < 4.78 is 0. The second-order valence-electron chi connectivity index (χ2n) is 3.45. The third-order valence-electron chi connectivity index (χ3n) is 2.66. The second kappa shape index (κ2) is 4.24. The molecule has 2 aliphatic heterocycles. The molecule has 0 radical (unpaired) electrons. The number of hydrogen-bond acceptors (Lipinski definition) is 3. The summed E-state index contributed by atoms with van der Waals surface area (Å²) in [6.45, 7) is 2.33. The van der Waals surface area contributed by atoms with Gasteiger partial charge in [0.25, 0.3) is 0 Å². The summed E-state index contributed by atoms with van der Waals surface area (Å²) in [6, 6.07) is 4.77. The van der Waals surface area contributed by atoms with Gasteiger partial charge in [0.15, 0.2) is 0 Å². The number of anilines is 2. The van der Waals surface area contributed by atoms with Crippen molar-refractivity contribution in [3.8, 4) is 0 Å². The topological polar surface area (TPSA) is 28.2 Å². The Morgan fingerprint density at radius 2 is 2.29 bits per heavy atom. The van der Waals surface area contributed by atoms with Gasteiger partial charge in [-0.1, -0.05) is 0 Å². The Labute approximate surface area is 95.7 Å². The van der Waals surface area contributed by atoms with Crippen LogP contribution < -0.4 is 10.2 Å². The van der Waals surface area contributed by atoms with Crippen LogP contribution in [0.5, 0.6) is 0 Å². The van der Waals surface area contributed by atoms with E-state index >= 15 is 0 Å². The average Bonchev–Trinajstić information content (AvgIpc) is 2.49. The zero-order chi connectivity index (χ0) is 7.97. The number of rotatable bonds is 0. The van der Waals surface area contributed by atoms with Crippen molar-refractivity contribution >= 4 is 36.3 Å². The highest BCUT2D eigenvalue weighted by molar-refractivity contribution is 5.85. The Bertz CT molecular complexity index is 319. The molecular formula is C9H13Cl2N3. The van der Waals surface area contributed by atoms with Gasteiger partial charge in [-0.2, -0.15) is 0 Å². The minimum atomic E-state index is 0. The first kappa shape index (κ1) is 11.4. The molecular weight excluding hydrogens is 221 g/mol. The molecule has 78 valence electrons. The predicted molar refractivity (Wildman–Crippen MR) is 63.0 cm³/mol. The van der Waals surface area contributed by atoms with Gasteiger partial charge in [-0.3, -0.25) is 0 Å². The molecule has 5 heteroatoms. The summed E-state index contributed by atoms with van der Waals surface area (Å²) >= 11 is 0. The smallest absolute Gasteiger partial charge is 0.149 e. The molecule has 1 fully saturated rings. The molecule has 1 unspecified atom stereocenters. The van der Waals surface area contributed by atoms with Crippen molar-refractivity contribution in [3.63, 3.8) is 0 Å². The van der Waals surface area contributed by atoms with E-state index in [1.165, 1.54) is 18.7 Å². The largest absolute Gasteiger partial charge is 0.366 e. The SMILES string of the molecule is Cl.Cl.c1cnc2c(c1)N1CCC(C1)N2. The lowest BCUT2D eigenvalue weighted by atomic mass is 10.2. The van der Waals surface area contributed by atoms with Gasteiger partial charge in [-0.15, -0.1) is 24.8 Å². The number of pyridine rings is 1. The summed E-state index contributed by atoms with van der Waals surface area (Å²) in [5, 5.41) is 3.44. The summed E-state index contributed by atoms with van der Waals surface area (Å²) in [7, 11) is 0. The summed E-state index contributed by atoms with van der Waals surface area (Å²) in [5.41, 5.74) is 1.27. The van der Waals surface area contributed by atoms with Crippen molar-refractivity contribution in [2.45, 2.75) is 12.5 Å². The first-order valence-electron chi connectivity index (χ1n) is 4.40.